The van der Waals surface area contributed by atoms with E-state index in [1.54, 1.807) is 7.11 Å². The van der Waals surface area contributed by atoms with Crippen LogP contribution in [0.25, 0.3) is 0 Å². The zero-order valence-electron chi connectivity index (χ0n) is 10.9. The molecule has 100 valence electrons. The van der Waals surface area contributed by atoms with E-state index in [2.05, 4.69) is 0 Å². The van der Waals surface area contributed by atoms with E-state index in [9.17, 15) is 10.2 Å². The summed E-state index contributed by atoms with van der Waals surface area (Å²) in [6, 6.07) is 7.89. The van der Waals surface area contributed by atoms with E-state index in [0.29, 0.717) is 6.42 Å². The summed E-state index contributed by atoms with van der Waals surface area (Å²) < 4.78 is 5.26. The zero-order valence-corrected chi connectivity index (χ0v) is 10.9. The summed E-state index contributed by atoms with van der Waals surface area (Å²) in [5.41, 5.74) is 0.782. The molecule has 1 aromatic rings. The molecule has 0 unspecified atom stereocenters. The molecule has 0 saturated heterocycles. The van der Waals surface area contributed by atoms with Crippen LogP contribution in [0, 0.1) is 0 Å². The van der Waals surface area contributed by atoms with Gasteiger partial charge >= 0.3 is 0 Å². The highest BCUT2D eigenvalue weighted by Crippen LogP contribution is 2.43. The van der Waals surface area contributed by atoms with E-state index in [4.69, 9.17) is 4.74 Å². The van der Waals surface area contributed by atoms with Crippen molar-refractivity contribution in [2.75, 3.05) is 13.7 Å². The molecule has 2 rings (SSSR count). The third-order valence-corrected chi connectivity index (χ3v) is 4.19. The van der Waals surface area contributed by atoms with Crippen molar-refractivity contribution >= 4 is 0 Å². The molecule has 3 nitrogen and oxygen atoms in total. The molecule has 2 atom stereocenters. The fourth-order valence-electron chi connectivity index (χ4n) is 3.13. The van der Waals surface area contributed by atoms with Gasteiger partial charge in [-0.1, -0.05) is 25.0 Å². The van der Waals surface area contributed by atoms with E-state index in [1.807, 2.05) is 24.3 Å². The minimum Gasteiger partial charge on any atom is -0.497 e. The minimum absolute atomic E-state index is 0.105. The van der Waals surface area contributed by atoms with Gasteiger partial charge in [0, 0.05) is 12.0 Å². The number of methoxy groups -OCH3 is 1. The smallest absolute Gasteiger partial charge is 0.119 e. The number of ether oxygens (including phenoxy) is 1. The maximum Gasteiger partial charge on any atom is 0.119 e. The highest BCUT2D eigenvalue weighted by atomic mass is 16.5. The van der Waals surface area contributed by atoms with Crippen LogP contribution in [0.15, 0.2) is 24.3 Å². The third-order valence-electron chi connectivity index (χ3n) is 4.19. The zero-order chi connectivity index (χ0) is 13.0. The van der Waals surface area contributed by atoms with Crippen molar-refractivity contribution in [1.29, 1.82) is 0 Å². The molecule has 1 aliphatic carbocycles. The average molecular weight is 250 g/mol. The molecule has 0 amide bonds. The topological polar surface area (TPSA) is 49.7 Å². The Morgan fingerprint density at radius 3 is 2.89 bits per heavy atom. The highest BCUT2D eigenvalue weighted by molar-refractivity contribution is 5.35. The Balaban J connectivity index is 2.38. The maximum absolute atomic E-state index is 10.4. The fraction of sp³-hybridized carbons (Fsp3) is 0.600. The summed E-state index contributed by atoms with van der Waals surface area (Å²) in [4.78, 5) is 0. The molecule has 18 heavy (non-hydrogen) atoms. The van der Waals surface area contributed by atoms with Gasteiger partial charge in [0.1, 0.15) is 5.75 Å². The molecule has 0 bridgehead atoms. The average Bonchev–Trinajstić information content (AvgIpc) is 2.42. The first-order valence-electron chi connectivity index (χ1n) is 6.66. The van der Waals surface area contributed by atoms with E-state index in [1.165, 1.54) is 0 Å². The predicted molar refractivity (Wildman–Crippen MR) is 70.8 cm³/mol. The van der Waals surface area contributed by atoms with E-state index < -0.39 is 0 Å². The van der Waals surface area contributed by atoms with Gasteiger partial charge in [-0.2, -0.15) is 0 Å². The Labute approximate surface area is 108 Å². The summed E-state index contributed by atoms with van der Waals surface area (Å²) in [7, 11) is 1.65. The third kappa shape index (κ3) is 2.38. The van der Waals surface area contributed by atoms with Crippen LogP contribution < -0.4 is 4.74 Å². The molecular weight excluding hydrogens is 228 g/mol. The normalized spacial score (nSPS) is 28.1. The second-order valence-corrected chi connectivity index (χ2v) is 5.12. The van der Waals surface area contributed by atoms with Crippen molar-refractivity contribution in [3.05, 3.63) is 29.8 Å². The molecule has 1 saturated carbocycles. The van der Waals surface area contributed by atoms with Gasteiger partial charge in [-0.25, -0.2) is 0 Å². The SMILES string of the molecule is COc1cccc([C@@]2(CCO)CCCC[C@H]2O)c1. The largest absolute Gasteiger partial charge is 0.497 e. The number of aliphatic hydroxyl groups is 2. The molecule has 0 heterocycles. The minimum atomic E-state index is -0.370. The molecule has 1 fully saturated rings. The lowest BCUT2D eigenvalue weighted by Crippen LogP contribution is -2.43. The predicted octanol–water partition coefficient (Wildman–Crippen LogP) is 2.25. The van der Waals surface area contributed by atoms with Gasteiger partial charge in [0.15, 0.2) is 0 Å². The molecule has 3 heteroatoms. The number of benzene rings is 1. The van der Waals surface area contributed by atoms with Crippen molar-refractivity contribution in [1.82, 2.24) is 0 Å². The first-order valence-corrected chi connectivity index (χ1v) is 6.66. The molecule has 1 aromatic carbocycles. The molecule has 0 aliphatic heterocycles. The Kier molecular flexibility index (Phi) is 4.25. The van der Waals surface area contributed by atoms with Gasteiger partial charge < -0.3 is 14.9 Å². The Bertz CT molecular complexity index is 387. The van der Waals surface area contributed by atoms with Crippen molar-refractivity contribution < 1.29 is 14.9 Å². The molecule has 0 radical (unpaired) electrons. The molecule has 0 spiro atoms. The lowest BCUT2D eigenvalue weighted by molar-refractivity contribution is 0.0261. The van der Waals surface area contributed by atoms with Crippen LogP contribution in [0.4, 0.5) is 0 Å². The van der Waals surface area contributed by atoms with Crippen molar-refractivity contribution in [3.8, 4) is 5.75 Å². The number of hydrogen-bond donors (Lipinski definition) is 2. The monoisotopic (exact) mass is 250 g/mol. The Hall–Kier alpha value is -1.06. The number of hydrogen-bond acceptors (Lipinski definition) is 3. The Morgan fingerprint density at radius 1 is 1.39 bits per heavy atom. The van der Waals surface area contributed by atoms with Crippen molar-refractivity contribution in [3.63, 3.8) is 0 Å². The summed E-state index contributed by atoms with van der Waals surface area (Å²) >= 11 is 0. The second kappa shape index (κ2) is 5.72. The van der Waals surface area contributed by atoms with Crippen LogP contribution in [0.1, 0.15) is 37.7 Å². The van der Waals surface area contributed by atoms with Gasteiger partial charge in [0.2, 0.25) is 0 Å². The molecule has 0 aromatic heterocycles. The number of aliphatic hydroxyl groups excluding tert-OH is 2. The van der Waals surface area contributed by atoms with Crippen LogP contribution in [0.3, 0.4) is 0 Å². The summed E-state index contributed by atoms with van der Waals surface area (Å²) in [5.74, 6) is 0.808. The first kappa shape index (κ1) is 13.4. The standard InChI is InChI=1S/C15H22O3/c1-18-13-6-4-5-12(11-13)15(9-10-16)8-3-2-7-14(15)17/h4-6,11,14,16-17H,2-3,7-10H2,1H3/t14-,15+/m1/s1. The van der Waals surface area contributed by atoms with Crippen molar-refractivity contribution in [2.45, 2.75) is 43.6 Å². The molecule has 2 N–H and O–H groups in total. The van der Waals surface area contributed by atoms with Gasteiger partial charge in [-0.15, -0.1) is 0 Å². The highest BCUT2D eigenvalue weighted by Gasteiger charge is 2.40. The van der Waals surface area contributed by atoms with Gasteiger partial charge in [-0.3, -0.25) is 0 Å². The van der Waals surface area contributed by atoms with Gasteiger partial charge in [0.05, 0.1) is 13.2 Å². The van der Waals surface area contributed by atoms with Crippen LogP contribution in [-0.4, -0.2) is 30.0 Å². The van der Waals surface area contributed by atoms with E-state index in [-0.39, 0.29) is 18.1 Å². The van der Waals surface area contributed by atoms with Gasteiger partial charge in [0.25, 0.3) is 0 Å². The Morgan fingerprint density at radius 2 is 2.22 bits per heavy atom. The van der Waals surface area contributed by atoms with Crippen molar-refractivity contribution in [2.24, 2.45) is 0 Å². The lowest BCUT2D eigenvalue weighted by atomic mass is 9.65. The van der Waals surface area contributed by atoms with Crippen LogP contribution >= 0.6 is 0 Å². The van der Waals surface area contributed by atoms with Crippen LogP contribution in [0.5, 0.6) is 5.75 Å². The van der Waals surface area contributed by atoms with E-state index in [0.717, 1.165) is 37.0 Å². The van der Waals surface area contributed by atoms with Gasteiger partial charge in [-0.05, 0) is 37.0 Å². The number of rotatable bonds is 4. The van der Waals surface area contributed by atoms with Crippen LogP contribution in [0.2, 0.25) is 0 Å². The van der Waals surface area contributed by atoms with E-state index >= 15 is 0 Å². The fourth-order valence-corrected chi connectivity index (χ4v) is 3.13. The van der Waals surface area contributed by atoms with Crippen LogP contribution in [-0.2, 0) is 5.41 Å². The first-order chi connectivity index (χ1) is 8.73. The molecular formula is C15H22O3. The second-order valence-electron chi connectivity index (χ2n) is 5.12. The molecule has 1 aliphatic rings. The quantitative estimate of drug-likeness (QED) is 0.861. The summed E-state index contributed by atoms with van der Waals surface area (Å²) in [6.45, 7) is 0.105. The maximum atomic E-state index is 10.4. The summed E-state index contributed by atoms with van der Waals surface area (Å²) in [5, 5.41) is 19.8. The lowest BCUT2D eigenvalue weighted by Gasteiger charge is -2.42. The summed E-state index contributed by atoms with van der Waals surface area (Å²) in [6.07, 6.45) is 4.16.